The number of rotatable bonds is 3. The molecule has 0 bridgehead atoms. The Labute approximate surface area is 165 Å². The number of hydrogen-bond donors (Lipinski definition) is 2. The van der Waals surface area contributed by atoms with Crippen LogP contribution in [0.4, 0.5) is 24.5 Å². The van der Waals surface area contributed by atoms with Gasteiger partial charge in [-0.1, -0.05) is 13.0 Å². The number of aryl methyl sites for hydroxylation is 1. The quantitative estimate of drug-likeness (QED) is 0.652. The molecule has 2 heterocycles. The fraction of sp³-hybridized carbons (Fsp3) is 0.238. The molecule has 5 nitrogen and oxygen atoms in total. The number of benzene rings is 2. The lowest BCUT2D eigenvalue weighted by Gasteiger charge is -2.14. The van der Waals surface area contributed by atoms with Crippen molar-refractivity contribution in [3.63, 3.8) is 0 Å². The summed E-state index contributed by atoms with van der Waals surface area (Å²) in [6.45, 7) is 4.62. The number of carbonyl (C=O) groups is 1. The molecule has 4 rings (SSSR count). The Morgan fingerprint density at radius 1 is 1.24 bits per heavy atom. The maximum atomic E-state index is 13.4. The van der Waals surface area contributed by atoms with E-state index in [4.69, 9.17) is 0 Å². The highest BCUT2D eigenvalue weighted by molar-refractivity contribution is 6.05. The van der Waals surface area contributed by atoms with Gasteiger partial charge in [-0.25, -0.2) is 4.98 Å². The van der Waals surface area contributed by atoms with E-state index in [1.54, 1.807) is 25.3 Å². The Balaban J connectivity index is 1.66. The summed E-state index contributed by atoms with van der Waals surface area (Å²) in [7, 11) is 0. The molecular weight excluding hydrogens is 381 g/mol. The average Bonchev–Trinajstić information content (AvgIpc) is 3.26. The molecule has 0 saturated heterocycles. The van der Waals surface area contributed by atoms with Gasteiger partial charge < -0.3 is 15.2 Å². The second kappa shape index (κ2) is 6.95. The standard InChI is InChI=1S/C21H19F3N4O/c1-12-9-25-19-5-14(3-4-18(12)19)20(29)27-16-6-15(21(22,23)24)7-17(8-16)28-10-13(2)26-11-28/h3-8,10-12,25H,9H2,1-2H3,(H,27,29). The van der Waals surface area contributed by atoms with Crippen molar-refractivity contribution in [2.45, 2.75) is 25.9 Å². The van der Waals surface area contributed by atoms with Crippen LogP contribution in [-0.2, 0) is 6.18 Å². The number of halogens is 3. The summed E-state index contributed by atoms with van der Waals surface area (Å²) in [4.78, 5) is 16.7. The van der Waals surface area contributed by atoms with E-state index in [1.807, 2.05) is 6.07 Å². The summed E-state index contributed by atoms with van der Waals surface area (Å²) in [5.41, 5.74) is 2.53. The van der Waals surface area contributed by atoms with Gasteiger partial charge in [-0.15, -0.1) is 0 Å². The van der Waals surface area contributed by atoms with Gasteiger partial charge in [0.1, 0.15) is 0 Å². The second-order valence-corrected chi connectivity index (χ2v) is 7.23. The van der Waals surface area contributed by atoms with E-state index in [-0.39, 0.29) is 11.4 Å². The third-order valence-corrected chi connectivity index (χ3v) is 4.96. The minimum atomic E-state index is -4.54. The van der Waals surface area contributed by atoms with Crippen LogP contribution >= 0.6 is 0 Å². The first kappa shape index (κ1) is 19.0. The Morgan fingerprint density at radius 2 is 2.03 bits per heavy atom. The number of amides is 1. The lowest BCUT2D eigenvalue weighted by Crippen LogP contribution is -2.14. The zero-order valence-corrected chi connectivity index (χ0v) is 15.8. The molecule has 1 aliphatic heterocycles. The highest BCUT2D eigenvalue weighted by Crippen LogP contribution is 2.34. The molecule has 0 radical (unpaired) electrons. The van der Waals surface area contributed by atoms with Gasteiger partial charge in [-0.2, -0.15) is 13.2 Å². The van der Waals surface area contributed by atoms with Crippen molar-refractivity contribution in [2.24, 2.45) is 0 Å². The van der Waals surface area contributed by atoms with Crippen molar-refractivity contribution in [2.75, 3.05) is 17.2 Å². The molecule has 1 amide bonds. The van der Waals surface area contributed by atoms with E-state index in [2.05, 4.69) is 22.5 Å². The molecule has 3 aromatic rings. The molecular formula is C21H19F3N4O. The van der Waals surface area contributed by atoms with Crippen molar-refractivity contribution >= 4 is 17.3 Å². The Morgan fingerprint density at radius 3 is 2.72 bits per heavy atom. The number of aromatic nitrogens is 2. The number of alkyl halides is 3. The normalized spacial score (nSPS) is 15.7. The third kappa shape index (κ3) is 3.83. The number of imidazole rings is 1. The van der Waals surface area contributed by atoms with Crippen molar-refractivity contribution in [1.29, 1.82) is 0 Å². The van der Waals surface area contributed by atoms with Gasteiger partial charge in [0.15, 0.2) is 0 Å². The Kier molecular flexibility index (Phi) is 4.56. The molecule has 150 valence electrons. The molecule has 0 saturated carbocycles. The fourth-order valence-corrected chi connectivity index (χ4v) is 3.42. The van der Waals surface area contributed by atoms with Gasteiger partial charge in [-0.05, 0) is 42.8 Å². The summed E-state index contributed by atoms with van der Waals surface area (Å²) >= 11 is 0. The largest absolute Gasteiger partial charge is 0.416 e. The third-order valence-electron chi connectivity index (χ3n) is 4.96. The van der Waals surface area contributed by atoms with Gasteiger partial charge in [-0.3, -0.25) is 4.79 Å². The van der Waals surface area contributed by atoms with Crippen molar-refractivity contribution in [3.8, 4) is 5.69 Å². The lowest BCUT2D eigenvalue weighted by atomic mass is 10.0. The van der Waals surface area contributed by atoms with Crippen LogP contribution in [-0.4, -0.2) is 22.0 Å². The van der Waals surface area contributed by atoms with Crippen molar-refractivity contribution in [1.82, 2.24) is 9.55 Å². The Bertz CT molecular complexity index is 1090. The van der Waals surface area contributed by atoms with Crippen LogP contribution in [0.5, 0.6) is 0 Å². The molecule has 1 aromatic heterocycles. The van der Waals surface area contributed by atoms with Gasteiger partial charge in [0.25, 0.3) is 5.91 Å². The SMILES string of the molecule is Cc1cn(-c2cc(NC(=O)c3ccc4c(c3)NCC4C)cc(C(F)(F)F)c2)cn1. The molecule has 1 aliphatic rings. The molecule has 0 aliphatic carbocycles. The molecule has 2 N–H and O–H groups in total. The first-order valence-corrected chi connectivity index (χ1v) is 9.13. The molecule has 8 heteroatoms. The van der Waals surface area contributed by atoms with Crippen LogP contribution in [0, 0.1) is 6.92 Å². The Hall–Kier alpha value is -3.29. The van der Waals surface area contributed by atoms with Crippen LogP contribution in [0.25, 0.3) is 5.69 Å². The van der Waals surface area contributed by atoms with Crippen LogP contribution in [0.3, 0.4) is 0 Å². The van der Waals surface area contributed by atoms with Crippen LogP contribution in [0.2, 0.25) is 0 Å². The van der Waals surface area contributed by atoms with E-state index in [0.29, 0.717) is 17.2 Å². The summed E-state index contributed by atoms with van der Waals surface area (Å²) in [5.74, 6) is -0.118. The van der Waals surface area contributed by atoms with E-state index in [0.717, 1.165) is 29.9 Å². The maximum Gasteiger partial charge on any atom is 0.416 e. The van der Waals surface area contributed by atoms with Gasteiger partial charge in [0, 0.05) is 41.3 Å². The number of hydrogen-bond acceptors (Lipinski definition) is 3. The lowest BCUT2D eigenvalue weighted by molar-refractivity contribution is -0.137. The zero-order valence-electron chi connectivity index (χ0n) is 15.8. The molecule has 0 spiro atoms. The molecule has 1 unspecified atom stereocenters. The zero-order chi connectivity index (χ0) is 20.8. The van der Waals surface area contributed by atoms with E-state index in [9.17, 15) is 18.0 Å². The highest BCUT2D eigenvalue weighted by Gasteiger charge is 2.31. The van der Waals surface area contributed by atoms with Crippen molar-refractivity contribution in [3.05, 3.63) is 71.3 Å². The van der Waals surface area contributed by atoms with Gasteiger partial charge in [0.2, 0.25) is 0 Å². The van der Waals surface area contributed by atoms with E-state index < -0.39 is 17.6 Å². The smallest absolute Gasteiger partial charge is 0.384 e. The second-order valence-electron chi connectivity index (χ2n) is 7.23. The molecule has 1 atom stereocenters. The fourth-order valence-electron chi connectivity index (χ4n) is 3.42. The molecule has 0 fully saturated rings. The topological polar surface area (TPSA) is 59.0 Å². The number of nitrogens with one attached hydrogen (secondary N) is 2. The average molecular weight is 400 g/mol. The predicted molar refractivity (Wildman–Crippen MR) is 105 cm³/mol. The summed E-state index contributed by atoms with van der Waals surface area (Å²) in [5, 5.41) is 5.82. The van der Waals surface area contributed by atoms with Crippen LogP contribution in [0.1, 0.15) is 40.0 Å². The molecule has 29 heavy (non-hydrogen) atoms. The van der Waals surface area contributed by atoms with Crippen molar-refractivity contribution < 1.29 is 18.0 Å². The van der Waals surface area contributed by atoms with Crippen LogP contribution < -0.4 is 10.6 Å². The monoisotopic (exact) mass is 400 g/mol. The minimum absolute atomic E-state index is 0.0630. The number of fused-ring (bicyclic) bond motifs is 1. The van der Waals surface area contributed by atoms with E-state index in [1.165, 1.54) is 17.0 Å². The first-order chi connectivity index (χ1) is 13.7. The summed E-state index contributed by atoms with van der Waals surface area (Å²) in [6, 6.07) is 8.73. The van der Waals surface area contributed by atoms with Gasteiger partial charge >= 0.3 is 6.18 Å². The minimum Gasteiger partial charge on any atom is -0.384 e. The number of carbonyl (C=O) groups excluding carboxylic acids is 1. The number of nitrogens with zero attached hydrogens (tertiary/aromatic N) is 2. The first-order valence-electron chi connectivity index (χ1n) is 9.13. The highest BCUT2D eigenvalue weighted by atomic mass is 19.4. The molecule has 2 aromatic carbocycles. The number of anilines is 2. The predicted octanol–water partition coefficient (Wildman–Crippen LogP) is 4.98. The summed E-state index contributed by atoms with van der Waals surface area (Å²) in [6.07, 6.45) is -1.49. The van der Waals surface area contributed by atoms with Gasteiger partial charge in [0.05, 0.1) is 17.6 Å². The summed E-state index contributed by atoms with van der Waals surface area (Å²) < 4.78 is 41.6. The maximum absolute atomic E-state index is 13.4. The van der Waals surface area contributed by atoms with Crippen LogP contribution in [0.15, 0.2) is 48.9 Å². The van der Waals surface area contributed by atoms with E-state index >= 15 is 0 Å².